The third-order valence-corrected chi connectivity index (χ3v) is 5.82. The molecule has 39 heavy (non-hydrogen) atoms. The van der Waals surface area contributed by atoms with Gasteiger partial charge in [-0.05, 0) is 47.3 Å². The molecule has 1 aromatic heterocycles. The predicted octanol–water partition coefficient (Wildman–Crippen LogP) is 3.75. The van der Waals surface area contributed by atoms with Crippen molar-refractivity contribution in [3.8, 4) is 12.1 Å². The molecule has 0 aromatic carbocycles. The minimum absolute atomic E-state index is 0.209. The lowest BCUT2D eigenvalue weighted by molar-refractivity contribution is -0.128. The molecule has 0 atom stereocenters. The van der Waals surface area contributed by atoms with Crippen LogP contribution in [0.1, 0.15) is 59.2 Å². The molecule has 1 aromatic rings. The molecule has 0 unspecified atom stereocenters. The molecule has 218 valence electrons. The summed E-state index contributed by atoms with van der Waals surface area (Å²) in [6.45, 7) is 19.0. The van der Waals surface area contributed by atoms with Crippen molar-refractivity contribution in [3.63, 3.8) is 0 Å². The summed E-state index contributed by atoms with van der Waals surface area (Å²) in [5.41, 5.74) is 0.932. The summed E-state index contributed by atoms with van der Waals surface area (Å²) in [4.78, 5) is 40.4. The minimum Gasteiger partial charge on any atom is -0.467 e. The number of carbonyl (C=O) groups excluding carboxylic acids is 2. The number of aromatic nitrogens is 2. The summed E-state index contributed by atoms with van der Waals surface area (Å²) < 4.78 is 23.8. The third-order valence-electron chi connectivity index (χ3n) is 5.82. The Bertz CT molecular complexity index is 1010. The second-order valence-corrected chi connectivity index (χ2v) is 10.1. The molecule has 2 aliphatic heterocycles. The van der Waals surface area contributed by atoms with Crippen LogP contribution in [0.3, 0.4) is 0 Å². The smallest absolute Gasteiger partial charge is 0.410 e. The highest BCUT2D eigenvalue weighted by atomic mass is 19.1. The van der Waals surface area contributed by atoms with Crippen molar-refractivity contribution in [1.29, 1.82) is 5.26 Å². The molecule has 0 radical (unpaired) electrons. The molecular formula is C27H44FN7O4. The van der Waals surface area contributed by atoms with Crippen LogP contribution in [0.5, 0.6) is 6.01 Å². The van der Waals surface area contributed by atoms with Gasteiger partial charge >= 0.3 is 12.1 Å². The number of halogens is 1. The lowest BCUT2D eigenvalue weighted by Gasteiger charge is -2.35. The minimum atomic E-state index is -0.962. The van der Waals surface area contributed by atoms with Gasteiger partial charge in [-0.1, -0.05) is 20.4 Å². The van der Waals surface area contributed by atoms with Gasteiger partial charge in [0.2, 0.25) is 0 Å². The molecule has 0 aliphatic carbocycles. The van der Waals surface area contributed by atoms with E-state index in [0.29, 0.717) is 50.8 Å². The molecule has 3 heterocycles. The first-order valence-corrected chi connectivity index (χ1v) is 13.1. The molecule has 0 N–H and O–H groups in total. The van der Waals surface area contributed by atoms with E-state index in [4.69, 9.17) is 14.7 Å². The molecule has 1 saturated heterocycles. The van der Waals surface area contributed by atoms with E-state index in [9.17, 15) is 14.0 Å². The lowest BCUT2D eigenvalue weighted by atomic mass is 10.2. The molecule has 0 spiro atoms. The summed E-state index contributed by atoms with van der Waals surface area (Å²) in [7, 11) is 3.62. The molecule has 0 saturated carbocycles. The number of amides is 2. The first kappa shape index (κ1) is 33.6. The first-order chi connectivity index (χ1) is 18.3. The topological polar surface area (TPSA) is 115 Å². The van der Waals surface area contributed by atoms with E-state index in [1.54, 1.807) is 11.0 Å². The fraction of sp³-hybridized carbons (Fsp3) is 0.667. The van der Waals surface area contributed by atoms with E-state index in [1.165, 1.54) is 38.4 Å². The van der Waals surface area contributed by atoms with E-state index in [-0.39, 0.29) is 6.01 Å². The lowest BCUT2D eigenvalue weighted by Crippen LogP contribution is -2.49. The van der Waals surface area contributed by atoms with Crippen molar-refractivity contribution in [2.75, 3.05) is 58.3 Å². The number of ether oxygens (including phenoxy) is 2. The average Bonchev–Trinajstić information content (AvgIpc) is 3.32. The Morgan fingerprint density at radius 1 is 1.13 bits per heavy atom. The van der Waals surface area contributed by atoms with E-state index in [0.717, 1.165) is 5.56 Å². The van der Waals surface area contributed by atoms with Crippen LogP contribution < -0.4 is 9.64 Å². The Morgan fingerprint density at radius 2 is 1.72 bits per heavy atom. The number of anilines is 1. The van der Waals surface area contributed by atoms with Crippen LogP contribution in [0, 0.1) is 11.3 Å². The number of hydrogen-bond donors (Lipinski definition) is 0. The number of fused-ring (bicyclic) bond motifs is 1. The fourth-order valence-electron chi connectivity index (χ4n) is 3.86. The number of piperazine rings is 1. The normalized spacial score (nSPS) is 14.3. The fourth-order valence-corrected chi connectivity index (χ4v) is 3.86. The molecule has 0 bridgehead atoms. The zero-order valence-corrected chi connectivity index (χ0v) is 24.7. The summed E-state index contributed by atoms with van der Waals surface area (Å²) in [5, 5.41) is 7.32. The van der Waals surface area contributed by atoms with Crippen molar-refractivity contribution in [2.24, 2.45) is 0 Å². The zero-order chi connectivity index (χ0) is 29.8. The highest BCUT2D eigenvalue weighted by Gasteiger charge is 2.34. The monoisotopic (exact) mass is 549 g/mol. The molecule has 1 fully saturated rings. The number of carbonyl (C=O) groups is 2. The maximum Gasteiger partial charge on any atom is 0.410 e. The molecule has 3 rings (SSSR count). The molecular weight excluding hydrogens is 505 g/mol. The third kappa shape index (κ3) is 10.7. The molecule has 11 nitrogen and oxygen atoms in total. The van der Waals surface area contributed by atoms with E-state index in [1.807, 2.05) is 25.7 Å². The van der Waals surface area contributed by atoms with Crippen molar-refractivity contribution >= 4 is 17.8 Å². The standard InChI is InChI=1S/C19H26FN5O4.C6H15N.C2H3N/c1-12(20)16(26)24-8-6-23(7-9-24)15-13-10-25(18(27)29-19(2,3)4)11-14(13)21-17(22-15)28-5;1-4-6-7(3)5-2;1-2-3/h1,6-11H2,2-5H3;4-6H2,1-3H3;1H3. The van der Waals surface area contributed by atoms with Gasteiger partial charge in [0.05, 0.1) is 32.0 Å². The van der Waals surface area contributed by atoms with Crippen molar-refractivity contribution in [1.82, 2.24) is 24.7 Å². The highest BCUT2D eigenvalue weighted by molar-refractivity contribution is 5.90. The van der Waals surface area contributed by atoms with E-state index in [2.05, 4.69) is 42.3 Å². The van der Waals surface area contributed by atoms with Gasteiger partial charge in [-0.3, -0.25) is 9.69 Å². The Balaban J connectivity index is 0.000000652. The van der Waals surface area contributed by atoms with Gasteiger partial charge in [0.1, 0.15) is 11.4 Å². The molecule has 12 heteroatoms. The van der Waals surface area contributed by atoms with Crippen LogP contribution >= 0.6 is 0 Å². The van der Waals surface area contributed by atoms with Crippen LogP contribution in [0.25, 0.3) is 0 Å². The van der Waals surface area contributed by atoms with Crippen LogP contribution in [0.2, 0.25) is 0 Å². The number of nitrogens with zero attached hydrogens (tertiary/aromatic N) is 7. The number of hydrogen-bond acceptors (Lipinski definition) is 9. The SMILES string of the molecule is C=C(F)C(=O)N1CCN(c2nc(OC)nc3c2CN(C(=O)OC(C)(C)C)C3)CC1.CC#N.CCCN(C)CC. The Morgan fingerprint density at radius 3 is 2.15 bits per heavy atom. The predicted molar refractivity (Wildman–Crippen MR) is 148 cm³/mol. The maximum atomic E-state index is 13.1. The summed E-state index contributed by atoms with van der Waals surface area (Å²) in [5.74, 6) is -0.994. The second-order valence-electron chi connectivity index (χ2n) is 10.1. The van der Waals surface area contributed by atoms with E-state index >= 15 is 0 Å². The van der Waals surface area contributed by atoms with Crippen molar-refractivity contribution < 1.29 is 23.5 Å². The van der Waals surface area contributed by atoms with Gasteiger partial charge < -0.3 is 24.2 Å². The Labute approximate surface area is 232 Å². The van der Waals surface area contributed by atoms with Gasteiger partial charge in [-0.2, -0.15) is 15.2 Å². The Kier molecular flexibility index (Phi) is 13.6. The summed E-state index contributed by atoms with van der Waals surface area (Å²) >= 11 is 0. The maximum absolute atomic E-state index is 13.1. The number of nitriles is 1. The molecule has 2 aliphatic rings. The van der Waals surface area contributed by atoms with Gasteiger partial charge in [0, 0.05) is 38.7 Å². The van der Waals surface area contributed by atoms with Crippen LogP contribution in [0.15, 0.2) is 12.4 Å². The largest absolute Gasteiger partial charge is 0.467 e. The average molecular weight is 550 g/mol. The van der Waals surface area contributed by atoms with Gasteiger partial charge in [-0.15, -0.1) is 0 Å². The first-order valence-electron chi connectivity index (χ1n) is 13.1. The van der Waals surface area contributed by atoms with E-state index < -0.39 is 23.4 Å². The second kappa shape index (κ2) is 15.8. The highest BCUT2D eigenvalue weighted by Crippen LogP contribution is 2.32. The summed E-state index contributed by atoms with van der Waals surface area (Å²) in [6, 6.07) is 1.96. The quantitative estimate of drug-likeness (QED) is 0.489. The summed E-state index contributed by atoms with van der Waals surface area (Å²) in [6.07, 6.45) is 0.849. The van der Waals surface area contributed by atoms with Gasteiger partial charge in [-0.25, -0.2) is 9.18 Å². The van der Waals surface area contributed by atoms with Gasteiger partial charge in [0.25, 0.3) is 5.91 Å². The number of rotatable bonds is 6. The van der Waals surface area contributed by atoms with Crippen LogP contribution in [-0.4, -0.2) is 95.7 Å². The van der Waals surface area contributed by atoms with Crippen molar-refractivity contribution in [2.45, 2.75) is 66.7 Å². The Hall–Kier alpha value is -3.46. The molecule has 2 amide bonds. The van der Waals surface area contributed by atoms with Crippen LogP contribution in [-0.2, 0) is 22.6 Å². The van der Waals surface area contributed by atoms with Crippen molar-refractivity contribution in [3.05, 3.63) is 23.7 Å². The van der Waals surface area contributed by atoms with Crippen LogP contribution in [0.4, 0.5) is 15.0 Å². The van der Waals surface area contributed by atoms with Gasteiger partial charge in [0.15, 0.2) is 5.83 Å². The number of methoxy groups -OCH3 is 1. The zero-order valence-electron chi connectivity index (χ0n) is 24.7.